The first kappa shape index (κ1) is 20.1. The molecular formula is C20H20N2O2S4. The van der Waals surface area contributed by atoms with E-state index in [1.807, 2.05) is 13.8 Å². The van der Waals surface area contributed by atoms with Gasteiger partial charge in [-0.05, 0) is 35.4 Å². The maximum atomic E-state index is 5.65. The lowest BCUT2D eigenvalue weighted by molar-refractivity contribution is 0.282. The highest BCUT2D eigenvalue weighted by atomic mass is 33.1. The minimum absolute atomic E-state index is 0.106. The summed E-state index contributed by atoms with van der Waals surface area (Å²) in [4.78, 5) is 2.49. The fraction of sp³-hybridized carbons (Fsp3) is 0.300. The molecule has 0 spiro atoms. The van der Waals surface area contributed by atoms with E-state index in [0.717, 1.165) is 24.6 Å². The third-order valence-corrected chi connectivity index (χ3v) is 8.23. The second-order valence-corrected chi connectivity index (χ2v) is 10.5. The monoisotopic (exact) mass is 448 g/mol. The summed E-state index contributed by atoms with van der Waals surface area (Å²) in [5.74, 6) is 1.53. The van der Waals surface area contributed by atoms with Crippen molar-refractivity contribution in [2.45, 2.75) is 47.4 Å². The molecule has 2 aliphatic heterocycles. The first-order chi connectivity index (χ1) is 13.6. The number of ether oxygens (including phenoxy) is 2. The minimum Gasteiger partial charge on any atom is -0.464 e. The van der Waals surface area contributed by atoms with Gasteiger partial charge in [-0.1, -0.05) is 45.9 Å². The highest BCUT2D eigenvalue weighted by Crippen LogP contribution is 2.38. The molecule has 0 radical (unpaired) electrons. The Hall–Kier alpha value is -1.22. The zero-order valence-corrected chi connectivity index (χ0v) is 18.8. The van der Waals surface area contributed by atoms with Crippen LogP contribution in [0.1, 0.15) is 25.0 Å². The van der Waals surface area contributed by atoms with Crippen LogP contribution >= 0.6 is 45.5 Å². The van der Waals surface area contributed by atoms with Crippen LogP contribution in [0.3, 0.4) is 0 Å². The summed E-state index contributed by atoms with van der Waals surface area (Å²) >= 11 is 3.02. The van der Waals surface area contributed by atoms with Crippen LogP contribution in [0.4, 0.5) is 0 Å². The molecule has 2 unspecified atom stereocenters. The molecule has 4 rings (SSSR count). The molecule has 2 aromatic carbocycles. The zero-order chi connectivity index (χ0) is 19.3. The van der Waals surface area contributed by atoms with Gasteiger partial charge >= 0.3 is 0 Å². The van der Waals surface area contributed by atoms with Crippen molar-refractivity contribution in [3.8, 4) is 0 Å². The van der Waals surface area contributed by atoms with E-state index < -0.39 is 0 Å². The van der Waals surface area contributed by atoms with Gasteiger partial charge in [0.25, 0.3) is 0 Å². The highest BCUT2D eigenvalue weighted by Gasteiger charge is 2.19. The molecule has 146 valence electrons. The second-order valence-electron chi connectivity index (χ2n) is 6.39. The van der Waals surface area contributed by atoms with Crippen molar-refractivity contribution in [2.24, 2.45) is 8.80 Å². The van der Waals surface area contributed by atoms with Gasteiger partial charge in [-0.15, -0.1) is 0 Å². The van der Waals surface area contributed by atoms with Gasteiger partial charge in [-0.3, -0.25) is 0 Å². The summed E-state index contributed by atoms with van der Waals surface area (Å²) in [7, 11) is 3.55. The Morgan fingerprint density at radius 2 is 1.11 bits per heavy atom. The number of nitrogens with zero attached hydrogens (tertiary/aromatic N) is 2. The molecule has 0 aromatic heterocycles. The van der Waals surface area contributed by atoms with Gasteiger partial charge in [0.1, 0.15) is 0 Å². The van der Waals surface area contributed by atoms with E-state index in [1.165, 1.54) is 44.8 Å². The number of hydrogen-bond acceptors (Lipinski definition) is 8. The molecule has 2 atom stereocenters. The van der Waals surface area contributed by atoms with Gasteiger partial charge in [0.2, 0.25) is 0 Å². The third kappa shape index (κ3) is 5.65. The van der Waals surface area contributed by atoms with Gasteiger partial charge in [-0.25, -0.2) is 0 Å². The predicted molar refractivity (Wildman–Crippen MR) is 123 cm³/mol. The van der Waals surface area contributed by atoms with Crippen molar-refractivity contribution in [1.29, 1.82) is 0 Å². The lowest BCUT2D eigenvalue weighted by Crippen LogP contribution is -2.09. The molecule has 0 amide bonds. The smallest absolute Gasteiger partial charge is 0.193 e. The van der Waals surface area contributed by atoms with Crippen molar-refractivity contribution in [3.63, 3.8) is 0 Å². The average Bonchev–Trinajstić information content (AvgIpc) is 3.30. The van der Waals surface area contributed by atoms with Crippen LogP contribution in [0.5, 0.6) is 0 Å². The maximum absolute atomic E-state index is 5.65. The molecule has 0 saturated heterocycles. The zero-order valence-electron chi connectivity index (χ0n) is 15.5. The van der Waals surface area contributed by atoms with Gasteiger partial charge in [0.05, 0.1) is 0 Å². The Bertz CT molecular complexity index is 795. The highest BCUT2D eigenvalue weighted by molar-refractivity contribution is 8.76. The molecule has 2 aromatic rings. The Labute approximate surface area is 182 Å². The van der Waals surface area contributed by atoms with E-state index in [1.54, 1.807) is 21.6 Å². The Morgan fingerprint density at radius 1 is 0.714 bits per heavy atom. The first-order valence-electron chi connectivity index (χ1n) is 8.90. The molecular weight excluding hydrogens is 429 g/mol. The fourth-order valence-electron chi connectivity index (χ4n) is 2.73. The lowest BCUT2D eigenvalue weighted by Gasteiger charge is -2.10. The van der Waals surface area contributed by atoms with Crippen LogP contribution in [-0.4, -0.2) is 22.7 Å². The van der Waals surface area contributed by atoms with Gasteiger partial charge in [0.15, 0.2) is 22.7 Å². The standard InChI is InChI=1S/C20H20N2O2S4/c1-13-21-25-19(23-13)11-15-3-7-17(8-4-15)27-28-18-9-5-16(6-10-18)12-20-24-14(2)22-26-20/h3-10,19-20H,11-12H2,1-2H3. The first-order valence-corrected chi connectivity index (χ1v) is 12.7. The number of rotatable bonds is 7. The van der Waals surface area contributed by atoms with Crippen LogP contribution < -0.4 is 0 Å². The quantitative estimate of drug-likeness (QED) is 0.360. The Morgan fingerprint density at radius 3 is 1.43 bits per heavy atom. The molecule has 8 heteroatoms. The van der Waals surface area contributed by atoms with Crippen LogP contribution in [0.2, 0.25) is 0 Å². The molecule has 2 heterocycles. The Kier molecular flexibility index (Phi) is 6.82. The molecule has 0 saturated carbocycles. The molecule has 2 aliphatic rings. The van der Waals surface area contributed by atoms with Crippen LogP contribution in [-0.2, 0) is 22.3 Å². The van der Waals surface area contributed by atoms with Gasteiger partial charge in [-0.2, -0.15) is 8.80 Å². The summed E-state index contributed by atoms with van der Waals surface area (Å²) in [5, 5.41) is 0. The average molecular weight is 449 g/mol. The topological polar surface area (TPSA) is 43.2 Å². The van der Waals surface area contributed by atoms with Crippen LogP contribution in [0.25, 0.3) is 0 Å². The Balaban J connectivity index is 1.24. The van der Waals surface area contributed by atoms with Crippen LogP contribution in [0, 0.1) is 0 Å². The van der Waals surface area contributed by atoms with Crippen molar-refractivity contribution < 1.29 is 9.47 Å². The summed E-state index contributed by atoms with van der Waals surface area (Å²) < 4.78 is 19.7. The number of hydrogen-bond donors (Lipinski definition) is 0. The third-order valence-electron chi connectivity index (χ3n) is 4.09. The lowest BCUT2D eigenvalue weighted by atomic mass is 10.2. The SMILES string of the molecule is CC1=NSC(Cc2ccc(SSc3ccc(CC4OC(C)=NS4)cc3)cc2)O1. The second kappa shape index (κ2) is 9.52. The van der Waals surface area contributed by atoms with E-state index in [9.17, 15) is 0 Å². The summed E-state index contributed by atoms with van der Waals surface area (Å²) in [5.41, 5.74) is 2.75. The van der Waals surface area contributed by atoms with Crippen molar-refractivity contribution >= 4 is 57.3 Å². The molecule has 0 fully saturated rings. The molecule has 0 aliphatic carbocycles. The van der Waals surface area contributed by atoms with Crippen LogP contribution in [0.15, 0.2) is 67.1 Å². The summed E-state index contributed by atoms with van der Waals surface area (Å²) in [6.45, 7) is 3.79. The van der Waals surface area contributed by atoms with Crippen molar-refractivity contribution in [1.82, 2.24) is 0 Å². The van der Waals surface area contributed by atoms with E-state index in [0.29, 0.717) is 0 Å². The molecule has 0 N–H and O–H groups in total. The van der Waals surface area contributed by atoms with Crippen molar-refractivity contribution in [2.75, 3.05) is 0 Å². The van der Waals surface area contributed by atoms with Gasteiger partial charge in [0, 0.05) is 60.4 Å². The van der Waals surface area contributed by atoms with Crippen molar-refractivity contribution in [3.05, 3.63) is 59.7 Å². The van der Waals surface area contributed by atoms with E-state index in [4.69, 9.17) is 9.47 Å². The molecule has 28 heavy (non-hydrogen) atoms. The predicted octanol–water partition coefficient (Wildman–Crippen LogP) is 6.42. The summed E-state index contributed by atoms with van der Waals surface area (Å²) in [6.07, 6.45) is 1.75. The normalized spacial score (nSPS) is 21.1. The largest absolute Gasteiger partial charge is 0.464 e. The van der Waals surface area contributed by atoms with E-state index in [2.05, 4.69) is 57.3 Å². The fourth-order valence-corrected chi connectivity index (χ4v) is 6.18. The number of benzene rings is 2. The van der Waals surface area contributed by atoms with E-state index in [-0.39, 0.29) is 10.9 Å². The van der Waals surface area contributed by atoms with Gasteiger partial charge < -0.3 is 9.47 Å². The summed E-state index contributed by atoms with van der Waals surface area (Å²) in [6, 6.07) is 17.4. The van der Waals surface area contributed by atoms with E-state index >= 15 is 0 Å². The minimum atomic E-state index is 0.106. The molecule has 0 bridgehead atoms. The maximum Gasteiger partial charge on any atom is 0.193 e. The molecule has 4 nitrogen and oxygen atoms in total.